The van der Waals surface area contributed by atoms with Gasteiger partial charge in [0.1, 0.15) is 0 Å². The van der Waals surface area contributed by atoms with Crippen LogP contribution in [0.15, 0.2) is 18.2 Å². The Morgan fingerprint density at radius 3 is 2.74 bits per heavy atom. The fourth-order valence-corrected chi connectivity index (χ4v) is 2.51. The van der Waals surface area contributed by atoms with Gasteiger partial charge in [-0.15, -0.1) is 0 Å². The van der Waals surface area contributed by atoms with Crippen LogP contribution in [0, 0.1) is 0 Å². The molecule has 0 bridgehead atoms. The number of nitrogens with one attached hydrogen (secondary N) is 1. The largest absolute Gasteiger partial charge is 0.387 e. The van der Waals surface area contributed by atoms with Crippen LogP contribution < -0.4 is 5.32 Å². The van der Waals surface area contributed by atoms with E-state index in [2.05, 4.69) is 5.32 Å². The van der Waals surface area contributed by atoms with Crippen LogP contribution in [0.3, 0.4) is 0 Å². The Morgan fingerprint density at radius 1 is 1.42 bits per heavy atom. The van der Waals surface area contributed by atoms with Crippen molar-refractivity contribution in [1.82, 2.24) is 4.90 Å². The van der Waals surface area contributed by atoms with Crippen molar-refractivity contribution in [2.45, 2.75) is 18.9 Å². The minimum Gasteiger partial charge on any atom is -0.387 e. The van der Waals surface area contributed by atoms with E-state index in [0.29, 0.717) is 10.6 Å². The number of carbonyl (C=O) groups is 1. The third-order valence-corrected chi connectivity index (χ3v) is 3.78. The van der Waals surface area contributed by atoms with Crippen molar-refractivity contribution in [1.29, 1.82) is 0 Å². The van der Waals surface area contributed by atoms with Crippen molar-refractivity contribution in [2.75, 3.05) is 32.6 Å². The summed E-state index contributed by atoms with van der Waals surface area (Å²) in [4.78, 5) is 14.4. The van der Waals surface area contributed by atoms with E-state index in [1.165, 1.54) is 0 Å². The second-order valence-electron chi connectivity index (χ2n) is 4.70. The van der Waals surface area contributed by atoms with Crippen molar-refractivity contribution in [2.24, 2.45) is 0 Å². The molecule has 1 N–H and O–H groups in total. The Hall–Kier alpha value is -1.26. The first-order chi connectivity index (χ1) is 9.13. The van der Waals surface area contributed by atoms with Gasteiger partial charge in [0.15, 0.2) is 0 Å². The molecule has 0 spiro atoms. The van der Waals surface area contributed by atoms with E-state index in [1.54, 1.807) is 24.1 Å². The highest BCUT2D eigenvalue weighted by atomic mass is 35.5. The highest BCUT2D eigenvalue weighted by Gasteiger charge is 2.24. The normalized spacial score (nSPS) is 16.2. The van der Waals surface area contributed by atoms with Crippen LogP contribution in [0.2, 0.25) is 5.02 Å². The fraction of sp³-hybridized carbons (Fsp3) is 0.500. The van der Waals surface area contributed by atoms with Gasteiger partial charge < -0.3 is 15.0 Å². The summed E-state index contributed by atoms with van der Waals surface area (Å²) in [5.41, 5.74) is 1.41. The van der Waals surface area contributed by atoms with E-state index in [4.69, 9.17) is 16.3 Å². The maximum Gasteiger partial charge on any atom is 0.255 e. The first-order valence-electron chi connectivity index (χ1n) is 6.45. The molecule has 1 aromatic carbocycles. The van der Waals surface area contributed by atoms with E-state index in [0.717, 1.165) is 31.7 Å². The number of ether oxygens (including phenoxy) is 1. The Morgan fingerprint density at radius 2 is 2.11 bits per heavy atom. The van der Waals surface area contributed by atoms with Crippen LogP contribution in [0.1, 0.15) is 23.2 Å². The minimum atomic E-state index is -0.00116. The first-order valence-corrected chi connectivity index (χ1v) is 6.83. The number of carbonyl (C=O) groups excluding carboxylic acids is 1. The average Bonchev–Trinajstić information content (AvgIpc) is 2.46. The zero-order chi connectivity index (χ0) is 13.8. The molecule has 0 atom stereocenters. The van der Waals surface area contributed by atoms with Gasteiger partial charge in [0.05, 0.1) is 5.56 Å². The lowest BCUT2D eigenvalue weighted by atomic mass is 10.1. The smallest absolute Gasteiger partial charge is 0.255 e. The summed E-state index contributed by atoms with van der Waals surface area (Å²) in [6, 6.07) is 5.56. The van der Waals surface area contributed by atoms with Gasteiger partial charge in [-0.2, -0.15) is 0 Å². The number of benzene rings is 1. The monoisotopic (exact) mass is 282 g/mol. The summed E-state index contributed by atoms with van der Waals surface area (Å²) in [7, 11) is 3.65. The summed E-state index contributed by atoms with van der Waals surface area (Å²) in [6.07, 6.45) is 1.77. The maximum atomic E-state index is 12.6. The van der Waals surface area contributed by atoms with Crippen LogP contribution in [0.5, 0.6) is 0 Å². The quantitative estimate of drug-likeness (QED) is 0.927. The molecule has 0 aromatic heterocycles. The first kappa shape index (κ1) is 14.2. The van der Waals surface area contributed by atoms with Gasteiger partial charge in [0.25, 0.3) is 5.91 Å². The van der Waals surface area contributed by atoms with Gasteiger partial charge in [-0.1, -0.05) is 11.6 Å². The molecule has 0 unspecified atom stereocenters. The number of halogens is 1. The van der Waals surface area contributed by atoms with E-state index < -0.39 is 0 Å². The zero-order valence-electron chi connectivity index (χ0n) is 11.3. The SMILES string of the molecule is CNc1ccc(Cl)cc1C(=O)N(C)C1CCOCC1. The molecular formula is C14H19ClN2O2. The highest BCUT2D eigenvalue weighted by molar-refractivity contribution is 6.31. The summed E-state index contributed by atoms with van der Waals surface area (Å²) in [5.74, 6) is -0.00116. The lowest BCUT2D eigenvalue weighted by Gasteiger charge is -2.31. The molecule has 0 radical (unpaired) electrons. The molecule has 1 aliphatic rings. The molecule has 4 nitrogen and oxygen atoms in total. The van der Waals surface area contributed by atoms with Gasteiger partial charge in [0.2, 0.25) is 0 Å². The van der Waals surface area contributed by atoms with E-state index in [-0.39, 0.29) is 11.9 Å². The number of rotatable bonds is 3. The summed E-state index contributed by atoms with van der Waals surface area (Å²) >= 11 is 5.99. The third-order valence-electron chi connectivity index (χ3n) is 3.54. The van der Waals surface area contributed by atoms with Crippen LogP contribution in [0.4, 0.5) is 5.69 Å². The number of nitrogens with zero attached hydrogens (tertiary/aromatic N) is 1. The van der Waals surface area contributed by atoms with Crippen LogP contribution in [0.25, 0.3) is 0 Å². The maximum absolute atomic E-state index is 12.6. The molecule has 1 saturated heterocycles. The van der Waals surface area contributed by atoms with Crippen molar-refractivity contribution < 1.29 is 9.53 Å². The van der Waals surface area contributed by atoms with Gasteiger partial charge in [-0.05, 0) is 31.0 Å². The molecule has 5 heteroatoms. The topological polar surface area (TPSA) is 41.6 Å². The number of hydrogen-bond donors (Lipinski definition) is 1. The van der Waals surface area contributed by atoms with Crippen molar-refractivity contribution >= 4 is 23.2 Å². The second kappa shape index (κ2) is 6.26. The van der Waals surface area contributed by atoms with E-state index in [9.17, 15) is 4.79 Å². The van der Waals surface area contributed by atoms with Gasteiger partial charge >= 0.3 is 0 Å². The van der Waals surface area contributed by atoms with Crippen molar-refractivity contribution in [3.05, 3.63) is 28.8 Å². The third kappa shape index (κ3) is 3.19. The summed E-state index contributed by atoms with van der Waals surface area (Å²) in [5, 5.41) is 3.60. The Balaban J connectivity index is 2.20. The summed E-state index contributed by atoms with van der Waals surface area (Å²) in [6.45, 7) is 1.44. The van der Waals surface area contributed by atoms with Crippen LogP contribution in [-0.4, -0.2) is 44.2 Å². The lowest BCUT2D eigenvalue weighted by molar-refractivity contribution is 0.0362. The molecule has 1 amide bonds. The average molecular weight is 283 g/mol. The molecule has 2 rings (SSSR count). The molecule has 1 fully saturated rings. The molecule has 0 saturated carbocycles. The minimum absolute atomic E-state index is 0.00116. The van der Waals surface area contributed by atoms with Gasteiger partial charge in [0, 0.05) is 44.1 Å². The predicted molar refractivity (Wildman–Crippen MR) is 76.9 cm³/mol. The predicted octanol–water partition coefficient (Wildman–Crippen LogP) is 2.63. The molecule has 1 heterocycles. The molecule has 1 aliphatic heterocycles. The molecule has 1 aromatic rings. The molecule has 19 heavy (non-hydrogen) atoms. The molecule has 0 aliphatic carbocycles. The van der Waals surface area contributed by atoms with Gasteiger partial charge in [-0.25, -0.2) is 0 Å². The molecule has 104 valence electrons. The number of hydrogen-bond acceptors (Lipinski definition) is 3. The summed E-state index contributed by atoms with van der Waals surface area (Å²) < 4.78 is 5.33. The lowest BCUT2D eigenvalue weighted by Crippen LogP contribution is -2.40. The standard InChI is InChI=1S/C14H19ClN2O2/c1-16-13-4-3-10(15)9-12(13)14(18)17(2)11-5-7-19-8-6-11/h3-4,9,11,16H,5-8H2,1-2H3. The van der Waals surface area contributed by atoms with Crippen molar-refractivity contribution in [3.63, 3.8) is 0 Å². The Labute approximate surface area is 118 Å². The highest BCUT2D eigenvalue weighted by Crippen LogP contribution is 2.23. The zero-order valence-corrected chi connectivity index (χ0v) is 12.0. The molecular weight excluding hydrogens is 264 g/mol. The Kier molecular flexibility index (Phi) is 4.66. The second-order valence-corrected chi connectivity index (χ2v) is 5.14. The number of amides is 1. The van der Waals surface area contributed by atoms with E-state index >= 15 is 0 Å². The van der Waals surface area contributed by atoms with E-state index in [1.807, 2.05) is 13.1 Å². The fourth-order valence-electron chi connectivity index (χ4n) is 2.34. The van der Waals surface area contributed by atoms with Crippen molar-refractivity contribution in [3.8, 4) is 0 Å². The number of anilines is 1. The van der Waals surface area contributed by atoms with Gasteiger partial charge in [-0.3, -0.25) is 4.79 Å². The van der Waals surface area contributed by atoms with Crippen LogP contribution in [-0.2, 0) is 4.74 Å². The Bertz CT molecular complexity index is 459. The van der Waals surface area contributed by atoms with Crippen LogP contribution >= 0.6 is 11.6 Å².